The van der Waals surface area contributed by atoms with Crippen molar-refractivity contribution in [3.8, 4) is 0 Å². The van der Waals surface area contributed by atoms with E-state index in [0.29, 0.717) is 5.15 Å². The SMILES string of the molecule is Clc1cc(CN2CCC[C@H]3CCCC[C@H]32)ccn1. The van der Waals surface area contributed by atoms with Gasteiger partial charge in [-0.3, -0.25) is 4.90 Å². The molecule has 0 amide bonds. The van der Waals surface area contributed by atoms with Crippen molar-refractivity contribution < 1.29 is 0 Å². The number of hydrogen-bond acceptors (Lipinski definition) is 2. The first-order valence-corrected chi connectivity index (χ1v) is 7.55. The zero-order chi connectivity index (χ0) is 12.4. The highest BCUT2D eigenvalue weighted by molar-refractivity contribution is 6.29. The van der Waals surface area contributed by atoms with E-state index in [4.69, 9.17) is 11.6 Å². The summed E-state index contributed by atoms with van der Waals surface area (Å²) in [6.45, 7) is 2.30. The van der Waals surface area contributed by atoms with Crippen molar-refractivity contribution in [3.05, 3.63) is 29.0 Å². The van der Waals surface area contributed by atoms with Crippen LogP contribution in [0.3, 0.4) is 0 Å². The number of rotatable bonds is 2. The highest BCUT2D eigenvalue weighted by Gasteiger charge is 2.32. The quantitative estimate of drug-likeness (QED) is 0.754. The third-order valence-corrected chi connectivity index (χ3v) is 4.74. The Morgan fingerprint density at radius 3 is 2.94 bits per heavy atom. The molecule has 0 aromatic carbocycles. The fraction of sp³-hybridized carbons (Fsp3) is 0.667. The second-order valence-electron chi connectivity index (χ2n) is 5.71. The first kappa shape index (κ1) is 12.4. The predicted octanol–water partition coefficient (Wildman–Crippen LogP) is 3.89. The lowest BCUT2D eigenvalue weighted by Gasteiger charge is -2.44. The van der Waals surface area contributed by atoms with Gasteiger partial charge in [0.05, 0.1) is 0 Å². The van der Waals surface area contributed by atoms with Gasteiger partial charge in [-0.15, -0.1) is 0 Å². The Labute approximate surface area is 114 Å². The molecule has 0 N–H and O–H groups in total. The summed E-state index contributed by atoms with van der Waals surface area (Å²) in [4.78, 5) is 6.74. The molecule has 2 fully saturated rings. The van der Waals surface area contributed by atoms with E-state index in [1.165, 1.54) is 50.6 Å². The molecule has 1 aromatic rings. The number of hydrogen-bond donors (Lipinski definition) is 0. The van der Waals surface area contributed by atoms with Gasteiger partial charge in [0, 0.05) is 18.8 Å². The van der Waals surface area contributed by atoms with Crippen LogP contribution in [0.25, 0.3) is 0 Å². The molecule has 0 radical (unpaired) electrons. The summed E-state index contributed by atoms with van der Waals surface area (Å²) in [5, 5.41) is 0.615. The Kier molecular flexibility index (Phi) is 3.86. The minimum Gasteiger partial charge on any atom is -0.296 e. The molecule has 1 saturated heterocycles. The molecule has 1 saturated carbocycles. The topological polar surface area (TPSA) is 16.1 Å². The van der Waals surface area contributed by atoms with Crippen molar-refractivity contribution in [2.75, 3.05) is 6.54 Å². The van der Waals surface area contributed by atoms with Crippen molar-refractivity contribution in [2.24, 2.45) is 5.92 Å². The zero-order valence-electron chi connectivity index (χ0n) is 10.8. The van der Waals surface area contributed by atoms with Crippen molar-refractivity contribution >= 4 is 11.6 Å². The van der Waals surface area contributed by atoms with E-state index >= 15 is 0 Å². The minimum atomic E-state index is 0.615. The fourth-order valence-corrected chi connectivity index (χ4v) is 3.90. The zero-order valence-corrected chi connectivity index (χ0v) is 11.6. The molecule has 2 nitrogen and oxygen atoms in total. The predicted molar refractivity (Wildman–Crippen MR) is 74.6 cm³/mol. The lowest BCUT2D eigenvalue weighted by molar-refractivity contribution is 0.0547. The molecule has 3 heteroatoms. The summed E-state index contributed by atoms with van der Waals surface area (Å²) in [5.41, 5.74) is 1.31. The molecule has 1 aromatic heterocycles. The number of fused-ring (bicyclic) bond motifs is 1. The van der Waals surface area contributed by atoms with Crippen LogP contribution in [0.4, 0.5) is 0 Å². The van der Waals surface area contributed by atoms with Gasteiger partial charge in [-0.1, -0.05) is 24.4 Å². The summed E-state index contributed by atoms with van der Waals surface area (Å²) in [6.07, 6.45) is 10.3. The van der Waals surface area contributed by atoms with Gasteiger partial charge < -0.3 is 0 Å². The van der Waals surface area contributed by atoms with Crippen LogP contribution in [0.15, 0.2) is 18.3 Å². The Morgan fingerprint density at radius 2 is 2.06 bits per heavy atom. The van der Waals surface area contributed by atoms with E-state index in [2.05, 4.69) is 16.0 Å². The van der Waals surface area contributed by atoms with Crippen LogP contribution in [-0.4, -0.2) is 22.5 Å². The number of halogens is 1. The van der Waals surface area contributed by atoms with Gasteiger partial charge in [-0.05, 0) is 55.8 Å². The Hall–Kier alpha value is -0.600. The summed E-state index contributed by atoms with van der Waals surface area (Å²) >= 11 is 5.97. The largest absolute Gasteiger partial charge is 0.296 e. The fourth-order valence-electron chi connectivity index (χ4n) is 3.70. The lowest BCUT2D eigenvalue weighted by Crippen LogP contribution is -2.46. The van der Waals surface area contributed by atoms with Crippen LogP contribution in [0.2, 0.25) is 5.15 Å². The molecule has 0 spiro atoms. The second kappa shape index (κ2) is 5.58. The lowest BCUT2D eigenvalue weighted by atomic mass is 9.78. The van der Waals surface area contributed by atoms with Crippen molar-refractivity contribution in [1.29, 1.82) is 0 Å². The highest BCUT2D eigenvalue weighted by Crippen LogP contribution is 2.35. The average Bonchev–Trinajstić information content (AvgIpc) is 2.39. The average molecular weight is 265 g/mol. The summed E-state index contributed by atoms with van der Waals surface area (Å²) in [6, 6.07) is 4.92. The Bertz CT molecular complexity index is 405. The molecular weight excluding hydrogens is 244 g/mol. The Balaban J connectivity index is 1.71. The van der Waals surface area contributed by atoms with E-state index in [0.717, 1.165) is 18.5 Å². The number of likely N-dealkylation sites (tertiary alicyclic amines) is 1. The summed E-state index contributed by atoms with van der Waals surface area (Å²) in [7, 11) is 0. The number of pyridine rings is 1. The normalized spacial score (nSPS) is 28.9. The molecule has 0 unspecified atom stereocenters. The molecule has 2 atom stereocenters. The molecule has 98 valence electrons. The summed E-state index contributed by atoms with van der Waals surface area (Å²) < 4.78 is 0. The molecule has 0 bridgehead atoms. The van der Waals surface area contributed by atoms with Gasteiger partial charge >= 0.3 is 0 Å². The van der Waals surface area contributed by atoms with Gasteiger partial charge in [0.25, 0.3) is 0 Å². The van der Waals surface area contributed by atoms with Crippen LogP contribution in [-0.2, 0) is 6.54 Å². The molecule has 3 rings (SSSR count). The molecule has 1 aliphatic heterocycles. The van der Waals surface area contributed by atoms with Crippen molar-refractivity contribution in [1.82, 2.24) is 9.88 Å². The van der Waals surface area contributed by atoms with Crippen LogP contribution >= 0.6 is 11.6 Å². The van der Waals surface area contributed by atoms with Gasteiger partial charge in [0.2, 0.25) is 0 Å². The highest BCUT2D eigenvalue weighted by atomic mass is 35.5. The van der Waals surface area contributed by atoms with Crippen LogP contribution in [0.5, 0.6) is 0 Å². The standard InChI is InChI=1S/C15H21ClN2/c16-15-10-12(7-8-17-15)11-18-9-3-5-13-4-1-2-6-14(13)18/h7-8,10,13-14H,1-6,9,11H2/t13-,14-/m1/s1. The van der Waals surface area contributed by atoms with E-state index in [1.54, 1.807) is 0 Å². The number of nitrogens with zero attached hydrogens (tertiary/aromatic N) is 2. The smallest absolute Gasteiger partial charge is 0.129 e. The maximum Gasteiger partial charge on any atom is 0.129 e. The molecule has 18 heavy (non-hydrogen) atoms. The first-order chi connectivity index (χ1) is 8.83. The van der Waals surface area contributed by atoms with Crippen molar-refractivity contribution in [2.45, 2.75) is 51.1 Å². The van der Waals surface area contributed by atoms with Gasteiger partial charge in [-0.2, -0.15) is 0 Å². The van der Waals surface area contributed by atoms with Gasteiger partial charge in [-0.25, -0.2) is 4.98 Å². The number of aromatic nitrogens is 1. The van der Waals surface area contributed by atoms with E-state index in [1.807, 2.05) is 12.3 Å². The van der Waals surface area contributed by atoms with Gasteiger partial charge in [0.1, 0.15) is 5.15 Å². The Morgan fingerprint density at radius 1 is 1.22 bits per heavy atom. The van der Waals surface area contributed by atoms with Crippen molar-refractivity contribution in [3.63, 3.8) is 0 Å². The van der Waals surface area contributed by atoms with E-state index in [9.17, 15) is 0 Å². The maximum atomic E-state index is 5.97. The van der Waals surface area contributed by atoms with Crippen LogP contribution in [0.1, 0.15) is 44.1 Å². The van der Waals surface area contributed by atoms with Gasteiger partial charge in [0.15, 0.2) is 0 Å². The maximum absolute atomic E-state index is 5.97. The monoisotopic (exact) mass is 264 g/mol. The minimum absolute atomic E-state index is 0.615. The molecular formula is C15H21ClN2. The third-order valence-electron chi connectivity index (χ3n) is 4.53. The van der Waals surface area contributed by atoms with Crippen LogP contribution in [0, 0.1) is 5.92 Å². The number of piperidine rings is 1. The molecule has 2 heterocycles. The van der Waals surface area contributed by atoms with E-state index in [-0.39, 0.29) is 0 Å². The summed E-state index contributed by atoms with van der Waals surface area (Å²) in [5.74, 6) is 0.949. The molecule has 1 aliphatic carbocycles. The second-order valence-corrected chi connectivity index (χ2v) is 6.10. The van der Waals surface area contributed by atoms with Crippen LogP contribution < -0.4 is 0 Å². The van der Waals surface area contributed by atoms with E-state index < -0.39 is 0 Å². The third kappa shape index (κ3) is 2.70. The first-order valence-electron chi connectivity index (χ1n) is 7.17. The molecule has 2 aliphatic rings.